The average Bonchev–Trinajstić information content (AvgIpc) is 3.14. The largest absolute Gasteiger partial charge is 0.493 e. The van der Waals surface area contributed by atoms with E-state index >= 15 is 0 Å². The quantitative estimate of drug-likeness (QED) is 0.151. The molecule has 10 heteroatoms. The van der Waals surface area contributed by atoms with Crippen molar-refractivity contribution < 1.29 is 19.0 Å². The molecule has 0 saturated carbocycles. The van der Waals surface area contributed by atoms with Crippen molar-refractivity contribution in [3.63, 3.8) is 0 Å². The molecular weight excluding hydrogens is 662 g/mol. The summed E-state index contributed by atoms with van der Waals surface area (Å²) >= 11 is 6.82. The highest BCUT2D eigenvalue weighted by molar-refractivity contribution is 6.32. The molecular formula is C41H46ClN5O4. The topological polar surface area (TPSA) is 109 Å². The summed E-state index contributed by atoms with van der Waals surface area (Å²) in [6, 6.07) is 19.8. The van der Waals surface area contributed by atoms with E-state index in [4.69, 9.17) is 25.8 Å². The van der Waals surface area contributed by atoms with Gasteiger partial charge in [-0.2, -0.15) is 5.26 Å². The standard InChI is InChI=1S/C41H46ClN5O4/c1-27-32(9-4-10-34(27)35-11-5-13-38(28(35)2)49-24-29-8-7-15-47(3)23-29)26-51-40-18-39(50-25-31-16-30(19-43)20-44-21-31)33(17-36(40)42)22-46-37-12-6-14-45-41(37)48/h4-5,9-11,13,16-18,20-21,29,37,46H,6-8,12,14-15,22-26H2,1-3H3,(H,45,48). The average molecular weight is 708 g/mol. The fourth-order valence-electron chi connectivity index (χ4n) is 6.91. The van der Waals surface area contributed by atoms with Gasteiger partial charge in [-0.25, -0.2) is 0 Å². The molecule has 266 valence electrons. The lowest BCUT2D eigenvalue weighted by atomic mass is 9.93. The van der Waals surface area contributed by atoms with E-state index in [1.807, 2.05) is 6.07 Å². The lowest BCUT2D eigenvalue weighted by Gasteiger charge is -2.29. The number of nitriles is 1. The summed E-state index contributed by atoms with van der Waals surface area (Å²) < 4.78 is 19.1. The Hall–Kier alpha value is -4.62. The van der Waals surface area contributed by atoms with Gasteiger partial charge in [0, 0.05) is 55.1 Å². The molecule has 6 rings (SSSR count). The van der Waals surface area contributed by atoms with Crippen LogP contribution in [0, 0.1) is 31.1 Å². The SMILES string of the molecule is Cc1c(COc2cc(OCc3cncc(C#N)c3)c(CNC3CCCNC3=O)cc2Cl)cccc1-c1cccc(OCC2CCCN(C)C2)c1C. The third-order valence-electron chi connectivity index (χ3n) is 9.86. The number of carbonyl (C=O) groups is 1. The summed E-state index contributed by atoms with van der Waals surface area (Å²) in [6.45, 7) is 8.78. The highest BCUT2D eigenvalue weighted by Gasteiger charge is 2.23. The number of likely N-dealkylation sites (tertiary alicyclic amines) is 1. The number of nitrogens with zero attached hydrogens (tertiary/aromatic N) is 3. The van der Waals surface area contributed by atoms with Crippen LogP contribution in [0.15, 0.2) is 67.0 Å². The smallest absolute Gasteiger partial charge is 0.237 e. The minimum Gasteiger partial charge on any atom is -0.493 e. The minimum absolute atomic E-state index is 0.00585. The zero-order valence-electron chi connectivity index (χ0n) is 29.6. The van der Waals surface area contributed by atoms with Gasteiger partial charge in [-0.15, -0.1) is 0 Å². The van der Waals surface area contributed by atoms with Crippen molar-refractivity contribution in [3.05, 3.63) is 105 Å². The van der Waals surface area contributed by atoms with Gasteiger partial charge >= 0.3 is 0 Å². The number of carbonyl (C=O) groups excluding carboxylic acids is 1. The van der Waals surface area contributed by atoms with Crippen LogP contribution in [0.1, 0.15) is 59.1 Å². The fourth-order valence-corrected chi connectivity index (χ4v) is 7.16. The van der Waals surface area contributed by atoms with Gasteiger partial charge in [0.1, 0.15) is 36.5 Å². The molecule has 2 fully saturated rings. The Morgan fingerprint density at radius 3 is 2.55 bits per heavy atom. The number of piperidine rings is 2. The lowest BCUT2D eigenvalue weighted by molar-refractivity contribution is -0.124. The van der Waals surface area contributed by atoms with E-state index in [9.17, 15) is 10.1 Å². The lowest BCUT2D eigenvalue weighted by Crippen LogP contribution is -2.47. The molecule has 0 aliphatic carbocycles. The Bertz CT molecular complexity index is 1890. The second-order valence-corrected chi connectivity index (χ2v) is 14.0. The van der Waals surface area contributed by atoms with Crippen LogP contribution in [-0.2, 0) is 24.6 Å². The van der Waals surface area contributed by atoms with Crippen LogP contribution in [0.5, 0.6) is 17.2 Å². The van der Waals surface area contributed by atoms with Gasteiger partial charge in [-0.05, 0) is 99.1 Å². The predicted molar refractivity (Wildman–Crippen MR) is 199 cm³/mol. The van der Waals surface area contributed by atoms with E-state index < -0.39 is 0 Å². The van der Waals surface area contributed by atoms with Crippen molar-refractivity contribution in [1.29, 1.82) is 5.26 Å². The summed E-state index contributed by atoms with van der Waals surface area (Å²) in [5, 5.41) is 16.0. The first-order chi connectivity index (χ1) is 24.8. The van der Waals surface area contributed by atoms with Crippen LogP contribution in [0.2, 0.25) is 5.02 Å². The van der Waals surface area contributed by atoms with Gasteiger partial charge in [0.15, 0.2) is 0 Å². The first kappa shape index (κ1) is 36.2. The van der Waals surface area contributed by atoms with Crippen LogP contribution in [-0.4, -0.2) is 55.1 Å². The Kier molecular flexibility index (Phi) is 12.1. The van der Waals surface area contributed by atoms with Crippen LogP contribution < -0.4 is 24.8 Å². The molecule has 9 nitrogen and oxygen atoms in total. The predicted octanol–water partition coefficient (Wildman–Crippen LogP) is 7.14. The van der Waals surface area contributed by atoms with Gasteiger partial charge in [-0.1, -0.05) is 41.9 Å². The Labute approximate surface area is 305 Å². The van der Waals surface area contributed by atoms with E-state index in [1.165, 1.54) is 19.0 Å². The third-order valence-corrected chi connectivity index (χ3v) is 10.2. The van der Waals surface area contributed by atoms with Gasteiger partial charge < -0.3 is 29.7 Å². The summed E-state index contributed by atoms with van der Waals surface area (Å²) in [5.41, 5.74) is 7.56. The van der Waals surface area contributed by atoms with E-state index in [-0.39, 0.29) is 18.6 Å². The molecule has 1 amide bonds. The number of rotatable bonds is 13. The molecule has 51 heavy (non-hydrogen) atoms. The fraction of sp³-hybridized carbons (Fsp3) is 0.390. The molecule has 2 N–H and O–H groups in total. The molecule has 2 atom stereocenters. The second kappa shape index (κ2) is 17.1. The first-order valence-electron chi connectivity index (χ1n) is 17.7. The van der Waals surface area contributed by atoms with Gasteiger partial charge in [0.05, 0.1) is 23.2 Å². The number of hydrogen-bond donors (Lipinski definition) is 2. The maximum absolute atomic E-state index is 12.4. The van der Waals surface area contributed by atoms with Crippen LogP contribution in [0.4, 0.5) is 0 Å². The maximum atomic E-state index is 12.4. The molecule has 2 saturated heterocycles. The molecule has 0 radical (unpaired) electrons. The van der Waals surface area contributed by atoms with Crippen molar-refractivity contribution in [2.45, 2.75) is 65.3 Å². The number of nitrogens with one attached hydrogen (secondary N) is 2. The number of pyridine rings is 1. The zero-order chi connectivity index (χ0) is 35.7. The monoisotopic (exact) mass is 707 g/mol. The van der Waals surface area contributed by atoms with Crippen molar-refractivity contribution in [2.24, 2.45) is 5.92 Å². The first-order valence-corrected chi connectivity index (χ1v) is 18.1. The molecule has 3 aromatic carbocycles. The number of benzene rings is 3. The molecule has 0 bridgehead atoms. The maximum Gasteiger partial charge on any atom is 0.237 e. The molecule has 3 heterocycles. The van der Waals surface area contributed by atoms with Crippen LogP contribution in [0.3, 0.4) is 0 Å². The second-order valence-electron chi connectivity index (χ2n) is 13.6. The normalized spacial score (nSPS) is 17.7. The molecule has 2 aliphatic rings. The number of halogens is 1. The summed E-state index contributed by atoms with van der Waals surface area (Å²) in [4.78, 5) is 18.9. The summed E-state index contributed by atoms with van der Waals surface area (Å²) in [5.74, 6) is 2.52. The van der Waals surface area contributed by atoms with E-state index in [0.29, 0.717) is 47.7 Å². The Morgan fingerprint density at radius 1 is 0.941 bits per heavy atom. The van der Waals surface area contributed by atoms with Gasteiger partial charge in [-0.3, -0.25) is 9.78 Å². The van der Waals surface area contributed by atoms with Crippen LogP contribution in [0.25, 0.3) is 11.1 Å². The van der Waals surface area contributed by atoms with E-state index in [0.717, 1.165) is 77.2 Å². The summed E-state index contributed by atoms with van der Waals surface area (Å²) in [6.07, 6.45) is 7.29. The third kappa shape index (κ3) is 9.19. The van der Waals surface area contributed by atoms with Crippen molar-refractivity contribution >= 4 is 17.5 Å². The van der Waals surface area contributed by atoms with Gasteiger partial charge in [0.25, 0.3) is 0 Å². The van der Waals surface area contributed by atoms with Crippen LogP contribution >= 0.6 is 11.6 Å². The molecule has 2 aliphatic heterocycles. The Morgan fingerprint density at radius 2 is 1.75 bits per heavy atom. The summed E-state index contributed by atoms with van der Waals surface area (Å²) in [7, 11) is 2.18. The molecule has 2 unspecified atom stereocenters. The minimum atomic E-state index is -0.289. The molecule has 1 aromatic heterocycles. The number of aromatic nitrogens is 1. The van der Waals surface area contributed by atoms with Crippen molar-refractivity contribution in [2.75, 3.05) is 33.3 Å². The molecule has 4 aromatic rings. The highest BCUT2D eigenvalue weighted by atomic mass is 35.5. The number of ether oxygens (including phenoxy) is 3. The highest BCUT2D eigenvalue weighted by Crippen LogP contribution is 2.36. The van der Waals surface area contributed by atoms with Crippen molar-refractivity contribution in [3.8, 4) is 34.4 Å². The van der Waals surface area contributed by atoms with Crippen molar-refractivity contribution in [1.82, 2.24) is 20.5 Å². The zero-order valence-corrected chi connectivity index (χ0v) is 30.4. The molecule has 0 spiro atoms. The number of hydrogen-bond acceptors (Lipinski definition) is 8. The van der Waals surface area contributed by atoms with E-state index in [2.05, 4.69) is 83.9 Å². The van der Waals surface area contributed by atoms with Gasteiger partial charge in [0.2, 0.25) is 5.91 Å². The number of amides is 1. The Balaban J connectivity index is 1.19. The van der Waals surface area contributed by atoms with E-state index in [1.54, 1.807) is 18.3 Å².